The molecule has 1 atom stereocenters. The molecule has 4 aromatic rings. The molecule has 9 nitrogen and oxygen atoms in total. The van der Waals surface area contributed by atoms with Gasteiger partial charge < -0.3 is 14.6 Å². The third-order valence-electron chi connectivity index (χ3n) is 5.25. The zero-order valence-electron chi connectivity index (χ0n) is 16.6. The molecule has 0 spiro atoms. The van der Waals surface area contributed by atoms with Gasteiger partial charge in [-0.25, -0.2) is 9.97 Å². The normalized spacial score (nSPS) is 15.5. The topological polar surface area (TPSA) is 107 Å². The van der Waals surface area contributed by atoms with Crippen LogP contribution in [0.1, 0.15) is 45.5 Å². The molecule has 0 aliphatic heterocycles. The molecule has 1 aliphatic rings. The number of fused-ring (bicyclic) bond motifs is 2. The van der Waals surface area contributed by atoms with E-state index >= 15 is 0 Å². The minimum absolute atomic E-state index is 0.0563. The van der Waals surface area contributed by atoms with Crippen LogP contribution >= 0.6 is 0 Å². The lowest BCUT2D eigenvalue weighted by molar-refractivity contribution is 0.0930. The zero-order chi connectivity index (χ0) is 20.7. The van der Waals surface area contributed by atoms with Gasteiger partial charge in [-0.1, -0.05) is 17.3 Å². The van der Waals surface area contributed by atoms with Gasteiger partial charge in [-0.15, -0.1) is 0 Å². The number of ether oxygens (including phenoxy) is 1. The number of benzene rings is 1. The van der Waals surface area contributed by atoms with Crippen LogP contribution in [0.25, 0.3) is 17.2 Å². The van der Waals surface area contributed by atoms with Crippen molar-refractivity contribution in [2.24, 2.45) is 0 Å². The summed E-state index contributed by atoms with van der Waals surface area (Å²) in [6.07, 6.45) is 6.85. The fraction of sp³-hybridized carbons (Fsp3) is 0.286. The fourth-order valence-electron chi connectivity index (χ4n) is 3.83. The van der Waals surface area contributed by atoms with Crippen molar-refractivity contribution in [3.63, 3.8) is 0 Å². The standard InChI is InChI=1S/C21H20N6O3/c1-12-8-22-21-23-9-17(27(21)10-12)20(28)24-16-6-4-13-7-14(3-5-15(13)16)19-25-18(11-29-2)30-26-19/h3,5,7-10,16H,4,6,11H2,1-2H3,(H,24,28)/t16-/m1/s1. The average molecular weight is 404 g/mol. The molecule has 1 aromatic carbocycles. The maximum absolute atomic E-state index is 12.9. The first kappa shape index (κ1) is 18.4. The molecule has 152 valence electrons. The lowest BCUT2D eigenvalue weighted by Gasteiger charge is -2.14. The zero-order valence-corrected chi connectivity index (χ0v) is 16.6. The number of hydrogen-bond acceptors (Lipinski definition) is 7. The summed E-state index contributed by atoms with van der Waals surface area (Å²) >= 11 is 0. The maximum atomic E-state index is 12.9. The molecule has 30 heavy (non-hydrogen) atoms. The van der Waals surface area contributed by atoms with E-state index in [2.05, 4.69) is 31.5 Å². The first-order valence-corrected chi connectivity index (χ1v) is 9.67. The van der Waals surface area contributed by atoms with Crippen molar-refractivity contribution in [3.8, 4) is 11.4 Å². The Labute approximate surface area is 172 Å². The highest BCUT2D eigenvalue weighted by Crippen LogP contribution is 2.34. The van der Waals surface area contributed by atoms with Gasteiger partial charge in [-0.05, 0) is 42.5 Å². The molecule has 3 aromatic heterocycles. The molecular formula is C21H20N6O3. The minimum atomic E-state index is -0.167. The Hall–Kier alpha value is -3.59. The Balaban J connectivity index is 1.36. The van der Waals surface area contributed by atoms with Crippen LogP contribution in [0.3, 0.4) is 0 Å². The summed E-state index contributed by atoms with van der Waals surface area (Å²) in [5.74, 6) is 1.32. The second-order valence-electron chi connectivity index (χ2n) is 7.37. The highest BCUT2D eigenvalue weighted by molar-refractivity contribution is 5.93. The van der Waals surface area contributed by atoms with Crippen molar-refractivity contribution < 1.29 is 14.1 Å². The number of nitrogens with one attached hydrogen (secondary N) is 1. The van der Waals surface area contributed by atoms with Crippen LogP contribution in [0.5, 0.6) is 0 Å². The first-order chi connectivity index (χ1) is 14.6. The van der Waals surface area contributed by atoms with Crippen molar-refractivity contribution in [1.82, 2.24) is 29.8 Å². The van der Waals surface area contributed by atoms with E-state index in [4.69, 9.17) is 9.26 Å². The van der Waals surface area contributed by atoms with Gasteiger partial charge in [0.05, 0.1) is 12.2 Å². The lowest BCUT2D eigenvalue weighted by Crippen LogP contribution is -2.28. The van der Waals surface area contributed by atoms with Crippen LogP contribution in [0.2, 0.25) is 0 Å². The summed E-state index contributed by atoms with van der Waals surface area (Å²) in [4.78, 5) is 25.7. The number of hydrogen-bond donors (Lipinski definition) is 1. The van der Waals surface area contributed by atoms with E-state index in [-0.39, 0.29) is 18.6 Å². The largest absolute Gasteiger partial charge is 0.375 e. The van der Waals surface area contributed by atoms with Crippen LogP contribution in [-0.2, 0) is 17.8 Å². The monoisotopic (exact) mass is 404 g/mol. The second-order valence-corrected chi connectivity index (χ2v) is 7.37. The smallest absolute Gasteiger partial charge is 0.270 e. The Morgan fingerprint density at radius 1 is 1.33 bits per heavy atom. The van der Waals surface area contributed by atoms with E-state index in [0.717, 1.165) is 29.5 Å². The molecule has 0 saturated heterocycles. The summed E-state index contributed by atoms with van der Waals surface area (Å²) in [5, 5.41) is 7.15. The van der Waals surface area contributed by atoms with Crippen LogP contribution in [0.4, 0.5) is 0 Å². The predicted octanol–water partition coefficient (Wildman–Crippen LogP) is 2.65. The lowest BCUT2D eigenvalue weighted by atomic mass is 10.0. The molecule has 0 unspecified atom stereocenters. The molecular weight excluding hydrogens is 384 g/mol. The van der Waals surface area contributed by atoms with Crippen molar-refractivity contribution in [1.29, 1.82) is 0 Å². The number of rotatable bonds is 5. The fourth-order valence-corrected chi connectivity index (χ4v) is 3.83. The molecule has 0 radical (unpaired) electrons. The molecule has 1 N–H and O–H groups in total. The molecule has 9 heteroatoms. The van der Waals surface area contributed by atoms with E-state index in [0.29, 0.717) is 23.2 Å². The van der Waals surface area contributed by atoms with Crippen molar-refractivity contribution in [2.45, 2.75) is 32.4 Å². The van der Waals surface area contributed by atoms with Crippen LogP contribution in [0, 0.1) is 6.92 Å². The van der Waals surface area contributed by atoms with Crippen LogP contribution in [-0.4, -0.2) is 37.5 Å². The van der Waals surface area contributed by atoms with Crippen molar-refractivity contribution in [3.05, 3.63) is 65.1 Å². The molecule has 0 bridgehead atoms. The third kappa shape index (κ3) is 3.22. The van der Waals surface area contributed by atoms with Gasteiger partial charge in [0.25, 0.3) is 11.8 Å². The maximum Gasteiger partial charge on any atom is 0.270 e. The molecule has 1 amide bonds. The van der Waals surface area contributed by atoms with Crippen molar-refractivity contribution in [2.75, 3.05) is 7.11 Å². The Morgan fingerprint density at radius 2 is 2.20 bits per heavy atom. The first-order valence-electron chi connectivity index (χ1n) is 9.67. The van der Waals surface area contributed by atoms with Gasteiger partial charge in [0, 0.05) is 25.1 Å². The molecule has 0 saturated carbocycles. The Kier molecular flexibility index (Phi) is 4.51. The van der Waals surface area contributed by atoms with Gasteiger partial charge >= 0.3 is 0 Å². The van der Waals surface area contributed by atoms with Gasteiger partial charge in [-0.2, -0.15) is 4.98 Å². The average Bonchev–Trinajstić information content (AvgIpc) is 3.46. The highest BCUT2D eigenvalue weighted by atomic mass is 16.5. The summed E-state index contributed by atoms with van der Waals surface area (Å²) in [7, 11) is 1.58. The number of imidazole rings is 1. The SMILES string of the molecule is COCc1nc(-c2ccc3c(c2)CC[C@H]3NC(=O)c2cnc3ncc(C)cn23)no1. The minimum Gasteiger partial charge on any atom is -0.375 e. The van der Waals surface area contributed by atoms with Crippen LogP contribution in [0.15, 0.2) is 41.3 Å². The molecule has 3 heterocycles. The molecule has 5 rings (SSSR count). The quantitative estimate of drug-likeness (QED) is 0.545. The summed E-state index contributed by atoms with van der Waals surface area (Å²) in [5.41, 5.74) is 4.60. The van der Waals surface area contributed by atoms with Gasteiger partial charge in [0.2, 0.25) is 11.6 Å². The Morgan fingerprint density at radius 3 is 3.07 bits per heavy atom. The van der Waals surface area contributed by atoms with Crippen molar-refractivity contribution >= 4 is 11.7 Å². The van der Waals surface area contributed by atoms with E-state index in [9.17, 15) is 4.79 Å². The van der Waals surface area contributed by atoms with Gasteiger partial charge in [0.1, 0.15) is 12.3 Å². The van der Waals surface area contributed by atoms with Crippen LogP contribution < -0.4 is 5.32 Å². The molecule has 1 aliphatic carbocycles. The number of methoxy groups -OCH3 is 1. The Bertz CT molecular complexity index is 1240. The summed E-state index contributed by atoms with van der Waals surface area (Å²) in [6, 6.07) is 5.98. The number of carbonyl (C=O) groups excluding carboxylic acids is 1. The summed E-state index contributed by atoms with van der Waals surface area (Å²) in [6.45, 7) is 2.21. The van der Waals surface area contributed by atoms with E-state index in [1.807, 2.05) is 25.3 Å². The second kappa shape index (κ2) is 7.34. The summed E-state index contributed by atoms with van der Waals surface area (Å²) < 4.78 is 11.9. The van der Waals surface area contributed by atoms with Gasteiger partial charge in [0.15, 0.2) is 0 Å². The number of carbonyl (C=O) groups is 1. The number of nitrogens with zero attached hydrogens (tertiary/aromatic N) is 5. The number of amides is 1. The third-order valence-corrected chi connectivity index (χ3v) is 5.25. The molecule has 0 fully saturated rings. The van der Waals surface area contributed by atoms with Gasteiger partial charge in [-0.3, -0.25) is 9.20 Å². The number of aromatic nitrogens is 5. The predicted molar refractivity (Wildman–Crippen MR) is 107 cm³/mol. The number of aryl methyl sites for hydroxylation is 2. The van der Waals surface area contributed by atoms with E-state index in [1.54, 1.807) is 23.9 Å². The highest BCUT2D eigenvalue weighted by Gasteiger charge is 2.26. The van der Waals surface area contributed by atoms with E-state index in [1.165, 1.54) is 5.56 Å². The van der Waals surface area contributed by atoms with E-state index < -0.39 is 0 Å².